The lowest BCUT2D eigenvalue weighted by atomic mass is 9.92. The van der Waals surface area contributed by atoms with E-state index in [0.29, 0.717) is 10.8 Å². The average molecular weight is 297 g/mol. The van der Waals surface area contributed by atoms with Crippen LogP contribution in [-0.2, 0) is 14.6 Å². The van der Waals surface area contributed by atoms with Gasteiger partial charge < -0.3 is 10.1 Å². The summed E-state index contributed by atoms with van der Waals surface area (Å²) in [6.45, 7) is 4.58. The van der Waals surface area contributed by atoms with E-state index >= 15 is 0 Å². The van der Waals surface area contributed by atoms with E-state index < -0.39 is 9.84 Å². The van der Waals surface area contributed by atoms with Crippen LogP contribution in [0.5, 0.6) is 0 Å². The lowest BCUT2D eigenvalue weighted by Gasteiger charge is -2.24. The Morgan fingerprint density at radius 2 is 2.25 bits per heavy atom. The second-order valence-electron chi connectivity index (χ2n) is 5.40. The van der Waals surface area contributed by atoms with Crippen LogP contribution in [0.1, 0.15) is 31.4 Å². The Morgan fingerprint density at radius 1 is 1.45 bits per heavy atom. The summed E-state index contributed by atoms with van der Waals surface area (Å²) in [6.07, 6.45) is 3.32. The van der Waals surface area contributed by atoms with Crippen molar-refractivity contribution >= 4 is 9.84 Å². The van der Waals surface area contributed by atoms with Crippen molar-refractivity contribution in [3.05, 3.63) is 29.8 Å². The fourth-order valence-electron chi connectivity index (χ4n) is 2.61. The normalized spacial score (nSPS) is 21.0. The molecule has 1 aromatic rings. The molecule has 0 spiro atoms. The molecule has 0 bridgehead atoms. The third-order valence-corrected chi connectivity index (χ3v) is 4.81. The van der Waals surface area contributed by atoms with E-state index in [-0.39, 0.29) is 6.04 Å². The minimum atomic E-state index is -3.16. The fraction of sp³-hybridized carbons (Fsp3) is 0.600. The van der Waals surface area contributed by atoms with Gasteiger partial charge in [-0.25, -0.2) is 8.42 Å². The van der Waals surface area contributed by atoms with Crippen molar-refractivity contribution in [1.29, 1.82) is 0 Å². The van der Waals surface area contributed by atoms with Crippen LogP contribution in [0.25, 0.3) is 0 Å². The molecule has 5 heteroatoms. The molecule has 2 rings (SSSR count). The van der Waals surface area contributed by atoms with Crippen molar-refractivity contribution in [3.8, 4) is 0 Å². The molecule has 20 heavy (non-hydrogen) atoms. The number of nitrogens with one attached hydrogen (secondary N) is 1. The lowest BCUT2D eigenvalue weighted by Crippen LogP contribution is -2.29. The molecule has 0 saturated carbocycles. The van der Waals surface area contributed by atoms with Crippen LogP contribution in [0.15, 0.2) is 29.2 Å². The molecule has 0 aliphatic carbocycles. The Morgan fingerprint density at radius 3 is 2.85 bits per heavy atom. The number of hydrogen-bond donors (Lipinski definition) is 1. The zero-order valence-corrected chi connectivity index (χ0v) is 12.9. The van der Waals surface area contributed by atoms with Crippen molar-refractivity contribution in [3.63, 3.8) is 0 Å². The Hall–Kier alpha value is -0.910. The van der Waals surface area contributed by atoms with E-state index in [1.54, 1.807) is 12.1 Å². The molecule has 1 N–H and O–H groups in total. The number of hydrogen-bond acceptors (Lipinski definition) is 4. The number of sulfone groups is 1. The van der Waals surface area contributed by atoms with E-state index in [9.17, 15) is 8.42 Å². The first-order valence-electron chi connectivity index (χ1n) is 7.13. The maximum atomic E-state index is 11.7. The monoisotopic (exact) mass is 297 g/mol. The highest BCUT2D eigenvalue weighted by atomic mass is 32.2. The Balaban J connectivity index is 2.27. The SMILES string of the molecule is CCCNC(c1cccc(S(C)(=O)=O)c1)C1CCOC1. The third-order valence-electron chi connectivity index (χ3n) is 3.70. The minimum Gasteiger partial charge on any atom is -0.381 e. The van der Waals surface area contributed by atoms with Gasteiger partial charge in [-0.3, -0.25) is 0 Å². The van der Waals surface area contributed by atoms with E-state index in [1.165, 1.54) is 6.26 Å². The largest absolute Gasteiger partial charge is 0.381 e. The maximum absolute atomic E-state index is 11.7. The van der Waals surface area contributed by atoms with Gasteiger partial charge in [0, 0.05) is 24.8 Å². The average Bonchev–Trinajstić information content (AvgIpc) is 2.92. The summed E-state index contributed by atoms with van der Waals surface area (Å²) >= 11 is 0. The topological polar surface area (TPSA) is 55.4 Å². The van der Waals surface area contributed by atoms with Gasteiger partial charge in [0.1, 0.15) is 0 Å². The van der Waals surface area contributed by atoms with Crippen LogP contribution in [-0.4, -0.2) is 34.4 Å². The molecule has 1 heterocycles. The summed E-state index contributed by atoms with van der Waals surface area (Å²) in [5, 5.41) is 3.53. The highest BCUT2D eigenvalue weighted by molar-refractivity contribution is 7.90. The molecule has 1 fully saturated rings. The van der Waals surface area contributed by atoms with E-state index in [1.807, 2.05) is 12.1 Å². The smallest absolute Gasteiger partial charge is 0.175 e. The Bertz CT molecular complexity index is 536. The van der Waals surface area contributed by atoms with Crippen LogP contribution in [0.3, 0.4) is 0 Å². The summed E-state index contributed by atoms with van der Waals surface area (Å²) in [6, 6.07) is 7.43. The molecule has 0 amide bonds. The van der Waals surface area contributed by atoms with Crippen LogP contribution in [0.2, 0.25) is 0 Å². The predicted octanol–water partition coefficient (Wildman–Crippen LogP) is 2.17. The molecule has 2 unspecified atom stereocenters. The van der Waals surface area contributed by atoms with E-state index in [0.717, 1.165) is 38.2 Å². The summed E-state index contributed by atoms with van der Waals surface area (Å²) in [5.74, 6) is 0.413. The first kappa shape index (κ1) is 15.5. The van der Waals surface area contributed by atoms with Gasteiger partial charge >= 0.3 is 0 Å². The molecule has 0 radical (unpaired) electrons. The number of benzene rings is 1. The molecular weight excluding hydrogens is 274 g/mol. The minimum absolute atomic E-state index is 0.166. The van der Waals surface area contributed by atoms with Crippen molar-refractivity contribution < 1.29 is 13.2 Å². The van der Waals surface area contributed by atoms with Crippen LogP contribution >= 0.6 is 0 Å². The van der Waals surface area contributed by atoms with Gasteiger partial charge in [0.15, 0.2) is 9.84 Å². The van der Waals surface area contributed by atoms with Crippen molar-refractivity contribution in [2.75, 3.05) is 26.0 Å². The van der Waals surface area contributed by atoms with Crippen LogP contribution in [0.4, 0.5) is 0 Å². The Labute approximate surface area is 121 Å². The van der Waals surface area contributed by atoms with Gasteiger partial charge in [0.25, 0.3) is 0 Å². The van der Waals surface area contributed by atoms with Gasteiger partial charge in [-0.15, -0.1) is 0 Å². The molecule has 1 aliphatic rings. The van der Waals surface area contributed by atoms with Gasteiger partial charge in [-0.1, -0.05) is 19.1 Å². The van der Waals surface area contributed by atoms with Crippen LogP contribution in [0, 0.1) is 5.92 Å². The first-order valence-corrected chi connectivity index (χ1v) is 9.02. The number of rotatable bonds is 6. The molecular formula is C15H23NO3S. The summed E-state index contributed by atoms with van der Waals surface area (Å²) in [5.41, 5.74) is 1.04. The van der Waals surface area contributed by atoms with Gasteiger partial charge in [0.2, 0.25) is 0 Å². The Kier molecular flexibility index (Phi) is 5.18. The van der Waals surface area contributed by atoms with Crippen molar-refractivity contribution in [2.24, 2.45) is 5.92 Å². The molecule has 1 saturated heterocycles. The predicted molar refractivity (Wildman–Crippen MR) is 79.5 cm³/mol. The van der Waals surface area contributed by atoms with E-state index in [4.69, 9.17) is 4.74 Å². The van der Waals surface area contributed by atoms with Gasteiger partial charge in [-0.05, 0) is 37.1 Å². The zero-order valence-electron chi connectivity index (χ0n) is 12.1. The number of ether oxygens (including phenoxy) is 1. The zero-order chi connectivity index (χ0) is 14.6. The van der Waals surface area contributed by atoms with Gasteiger partial charge in [0.05, 0.1) is 11.5 Å². The second kappa shape index (κ2) is 6.70. The second-order valence-corrected chi connectivity index (χ2v) is 7.42. The standard InChI is InChI=1S/C15H23NO3S/c1-3-8-16-15(13-7-9-19-11-13)12-5-4-6-14(10-12)20(2,17)18/h4-6,10,13,15-16H,3,7-9,11H2,1-2H3. The lowest BCUT2D eigenvalue weighted by molar-refractivity contribution is 0.176. The fourth-order valence-corrected chi connectivity index (χ4v) is 3.29. The quantitative estimate of drug-likeness (QED) is 0.874. The van der Waals surface area contributed by atoms with E-state index in [2.05, 4.69) is 12.2 Å². The molecule has 2 atom stereocenters. The molecule has 1 aromatic carbocycles. The highest BCUT2D eigenvalue weighted by Crippen LogP contribution is 2.30. The van der Waals surface area contributed by atoms with Crippen molar-refractivity contribution in [2.45, 2.75) is 30.7 Å². The van der Waals surface area contributed by atoms with Crippen molar-refractivity contribution in [1.82, 2.24) is 5.32 Å². The first-order chi connectivity index (χ1) is 9.52. The molecule has 0 aromatic heterocycles. The highest BCUT2D eigenvalue weighted by Gasteiger charge is 2.27. The van der Waals surface area contributed by atoms with Gasteiger partial charge in [-0.2, -0.15) is 0 Å². The summed E-state index contributed by atoms with van der Waals surface area (Å²) in [4.78, 5) is 0.386. The molecule has 1 aliphatic heterocycles. The molecule has 112 valence electrons. The van der Waals surface area contributed by atoms with Crippen LogP contribution < -0.4 is 5.32 Å². The summed E-state index contributed by atoms with van der Waals surface area (Å²) < 4.78 is 28.9. The third kappa shape index (κ3) is 3.81. The summed E-state index contributed by atoms with van der Waals surface area (Å²) in [7, 11) is -3.16. The molecule has 4 nitrogen and oxygen atoms in total. The maximum Gasteiger partial charge on any atom is 0.175 e.